The minimum atomic E-state index is -0.216. The van der Waals surface area contributed by atoms with E-state index in [4.69, 9.17) is 9.47 Å². The number of rotatable bonds is 6. The molecule has 2 aromatic rings. The highest BCUT2D eigenvalue weighted by molar-refractivity contribution is 5.98. The van der Waals surface area contributed by atoms with Gasteiger partial charge in [-0.2, -0.15) is 0 Å². The summed E-state index contributed by atoms with van der Waals surface area (Å²) in [6.07, 6.45) is 3.67. The lowest BCUT2D eigenvalue weighted by Crippen LogP contribution is -2.31. The van der Waals surface area contributed by atoms with E-state index in [1.54, 1.807) is 11.7 Å². The third kappa shape index (κ3) is 4.32. The Bertz CT molecular complexity index is 873. The van der Waals surface area contributed by atoms with Gasteiger partial charge in [-0.25, -0.2) is 0 Å². The van der Waals surface area contributed by atoms with E-state index in [1.807, 2.05) is 31.2 Å². The molecule has 6 heteroatoms. The summed E-state index contributed by atoms with van der Waals surface area (Å²) in [6, 6.07) is 9.02. The van der Waals surface area contributed by atoms with Gasteiger partial charge in [-0.1, -0.05) is 18.6 Å². The second-order valence-electron chi connectivity index (χ2n) is 6.60. The van der Waals surface area contributed by atoms with Crippen molar-refractivity contribution in [2.24, 2.45) is 0 Å². The van der Waals surface area contributed by atoms with Gasteiger partial charge in [0.1, 0.15) is 17.1 Å². The molecule has 0 aliphatic carbocycles. The summed E-state index contributed by atoms with van der Waals surface area (Å²) in [7, 11) is 1.61. The van der Waals surface area contributed by atoms with Crippen LogP contribution in [0.2, 0.25) is 0 Å². The van der Waals surface area contributed by atoms with Crippen LogP contribution in [-0.4, -0.2) is 24.2 Å². The van der Waals surface area contributed by atoms with Crippen LogP contribution >= 0.6 is 0 Å². The molecule has 2 heterocycles. The predicted octanol–water partition coefficient (Wildman–Crippen LogP) is 2.91. The van der Waals surface area contributed by atoms with Gasteiger partial charge in [-0.15, -0.1) is 0 Å². The van der Waals surface area contributed by atoms with Gasteiger partial charge in [0.15, 0.2) is 0 Å². The zero-order valence-electron chi connectivity index (χ0n) is 15.9. The summed E-state index contributed by atoms with van der Waals surface area (Å²) in [5.41, 5.74) is 2.12. The molecular weight excluding hydrogens is 344 g/mol. The van der Waals surface area contributed by atoms with E-state index < -0.39 is 0 Å². The smallest absolute Gasteiger partial charge is 0.257 e. The number of methoxy groups -OCH3 is 1. The van der Waals surface area contributed by atoms with Gasteiger partial charge < -0.3 is 19.4 Å². The number of nitrogens with zero attached hydrogens (tertiary/aromatic N) is 1. The van der Waals surface area contributed by atoms with Crippen molar-refractivity contribution < 1.29 is 14.3 Å². The van der Waals surface area contributed by atoms with Gasteiger partial charge in [0.25, 0.3) is 11.5 Å². The van der Waals surface area contributed by atoms with Crippen LogP contribution in [0.4, 0.5) is 0 Å². The average Bonchev–Trinajstić information content (AvgIpc) is 2.93. The Hall–Kier alpha value is -2.76. The summed E-state index contributed by atoms with van der Waals surface area (Å²) in [6.45, 7) is 3.27. The molecule has 0 saturated heterocycles. The molecule has 1 N–H and O–H groups in total. The average molecular weight is 370 g/mol. The number of pyridine rings is 1. The first-order valence-corrected chi connectivity index (χ1v) is 9.44. The van der Waals surface area contributed by atoms with Crippen LogP contribution in [-0.2, 0) is 19.5 Å². The second-order valence-corrected chi connectivity index (χ2v) is 6.60. The van der Waals surface area contributed by atoms with Gasteiger partial charge in [0.05, 0.1) is 13.7 Å². The SMILES string of the molecule is CCOc1cc(=O)n2c(c1C(=O)NCc1cccc(OC)c1)CCCCC2. The van der Waals surface area contributed by atoms with Crippen molar-refractivity contribution in [2.75, 3.05) is 13.7 Å². The van der Waals surface area contributed by atoms with Gasteiger partial charge in [-0.05, 0) is 43.9 Å². The van der Waals surface area contributed by atoms with E-state index in [9.17, 15) is 9.59 Å². The topological polar surface area (TPSA) is 69.6 Å². The van der Waals surface area contributed by atoms with Crippen LogP contribution in [0.5, 0.6) is 11.5 Å². The molecule has 1 aromatic heterocycles. The van der Waals surface area contributed by atoms with Crippen LogP contribution in [0.3, 0.4) is 0 Å². The molecule has 3 rings (SSSR count). The lowest BCUT2D eigenvalue weighted by molar-refractivity contribution is 0.0944. The zero-order valence-corrected chi connectivity index (χ0v) is 15.9. The Morgan fingerprint density at radius 1 is 1.22 bits per heavy atom. The van der Waals surface area contributed by atoms with Gasteiger partial charge >= 0.3 is 0 Å². The zero-order chi connectivity index (χ0) is 19.2. The van der Waals surface area contributed by atoms with E-state index in [-0.39, 0.29) is 11.5 Å². The highest BCUT2D eigenvalue weighted by Gasteiger charge is 2.23. The number of nitrogens with one attached hydrogen (secondary N) is 1. The van der Waals surface area contributed by atoms with Crippen molar-refractivity contribution in [1.82, 2.24) is 9.88 Å². The third-order valence-electron chi connectivity index (χ3n) is 4.79. The maximum Gasteiger partial charge on any atom is 0.257 e. The lowest BCUT2D eigenvalue weighted by Gasteiger charge is -2.18. The van der Waals surface area contributed by atoms with Crippen LogP contribution in [0.25, 0.3) is 0 Å². The number of ether oxygens (including phenoxy) is 2. The fourth-order valence-corrected chi connectivity index (χ4v) is 3.48. The molecule has 0 atom stereocenters. The molecule has 0 bridgehead atoms. The van der Waals surface area contributed by atoms with E-state index >= 15 is 0 Å². The first kappa shape index (κ1) is 19.0. The number of aromatic nitrogens is 1. The number of amides is 1. The van der Waals surface area contributed by atoms with E-state index in [1.165, 1.54) is 6.07 Å². The molecule has 1 aromatic carbocycles. The van der Waals surface area contributed by atoms with Crippen molar-refractivity contribution in [1.29, 1.82) is 0 Å². The number of hydrogen-bond acceptors (Lipinski definition) is 4. The predicted molar refractivity (Wildman–Crippen MR) is 104 cm³/mol. The summed E-state index contributed by atoms with van der Waals surface area (Å²) in [5, 5.41) is 2.97. The van der Waals surface area contributed by atoms with Crippen LogP contribution < -0.4 is 20.3 Å². The number of carbonyl (C=O) groups excluding carboxylic acids is 1. The maximum atomic E-state index is 13.0. The Kier molecular flexibility index (Phi) is 6.16. The summed E-state index contributed by atoms with van der Waals surface area (Å²) in [5.74, 6) is 0.905. The van der Waals surface area contributed by atoms with Gasteiger partial charge in [-0.3, -0.25) is 9.59 Å². The molecule has 0 saturated carbocycles. The van der Waals surface area contributed by atoms with Gasteiger partial charge in [0, 0.05) is 24.8 Å². The van der Waals surface area contributed by atoms with Crippen molar-refractivity contribution in [2.45, 2.75) is 45.7 Å². The van der Waals surface area contributed by atoms with Crippen molar-refractivity contribution in [3.05, 3.63) is 57.5 Å². The molecule has 6 nitrogen and oxygen atoms in total. The van der Waals surface area contributed by atoms with Crippen LogP contribution in [0.15, 0.2) is 35.1 Å². The summed E-state index contributed by atoms with van der Waals surface area (Å²) < 4.78 is 12.6. The minimum Gasteiger partial charge on any atom is -0.497 e. The number of benzene rings is 1. The molecule has 0 spiro atoms. The van der Waals surface area contributed by atoms with Crippen molar-refractivity contribution in [3.63, 3.8) is 0 Å². The molecule has 0 radical (unpaired) electrons. The minimum absolute atomic E-state index is 0.0975. The molecule has 144 valence electrons. The number of carbonyl (C=O) groups is 1. The first-order valence-electron chi connectivity index (χ1n) is 9.44. The molecule has 1 aliphatic heterocycles. The molecule has 0 unspecified atom stereocenters. The fourth-order valence-electron chi connectivity index (χ4n) is 3.48. The Morgan fingerprint density at radius 2 is 2.07 bits per heavy atom. The maximum absolute atomic E-state index is 13.0. The Morgan fingerprint density at radius 3 is 2.85 bits per heavy atom. The van der Waals surface area contributed by atoms with Crippen LogP contribution in [0, 0.1) is 0 Å². The normalized spacial score (nSPS) is 13.4. The van der Waals surface area contributed by atoms with E-state index in [0.717, 1.165) is 36.3 Å². The molecule has 0 fully saturated rings. The van der Waals surface area contributed by atoms with E-state index in [0.29, 0.717) is 37.4 Å². The number of hydrogen-bond donors (Lipinski definition) is 1. The highest BCUT2D eigenvalue weighted by Crippen LogP contribution is 2.25. The lowest BCUT2D eigenvalue weighted by atomic mass is 10.1. The molecule has 1 amide bonds. The van der Waals surface area contributed by atoms with Crippen molar-refractivity contribution >= 4 is 5.91 Å². The third-order valence-corrected chi connectivity index (χ3v) is 4.79. The largest absolute Gasteiger partial charge is 0.497 e. The van der Waals surface area contributed by atoms with E-state index in [2.05, 4.69) is 5.32 Å². The fraction of sp³-hybridized carbons (Fsp3) is 0.429. The van der Waals surface area contributed by atoms with Crippen molar-refractivity contribution in [3.8, 4) is 11.5 Å². The van der Waals surface area contributed by atoms with Crippen LogP contribution in [0.1, 0.15) is 47.8 Å². The first-order chi connectivity index (χ1) is 13.1. The Labute approximate surface area is 159 Å². The monoisotopic (exact) mass is 370 g/mol. The number of fused-ring (bicyclic) bond motifs is 1. The Balaban J connectivity index is 1.91. The molecule has 27 heavy (non-hydrogen) atoms. The molecular formula is C21H26N2O4. The van der Waals surface area contributed by atoms with Gasteiger partial charge in [0.2, 0.25) is 0 Å². The standard InChI is InChI=1S/C21H26N2O4/c1-3-27-18-13-19(24)23-11-6-4-5-10-17(23)20(18)21(25)22-14-15-8-7-9-16(12-15)26-2/h7-9,12-13H,3-6,10-11,14H2,1-2H3,(H,22,25). The summed E-state index contributed by atoms with van der Waals surface area (Å²) in [4.78, 5) is 25.5. The quantitative estimate of drug-likeness (QED) is 0.849. The summed E-state index contributed by atoms with van der Waals surface area (Å²) >= 11 is 0. The molecule has 1 aliphatic rings. The highest BCUT2D eigenvalue weighted by atomic mass is 16.5. The second kappa shape index (κ2) is 8.75.